The normalized spacial score (nSPS) is 26.8. The second-order valence-corrected chi connectivity index (χ2v) is 7.23. The molecule has 0 spiro atoms. The van der Waals surface area contributed by atoms with E-state index in [1.54, 1.807) is 0 Å². The van der Waals surface area contributed by atoms with Gasteiger partial charge in [-0.3, -0.25) is 28.8 Å². The van der Waals surface area contributed by atoms with Crippen LogP contribution in [0.25, 0.3) is 0 Å². The summed E-state index contributed by atoms with van der Waals surface area (Å²) in [6.07, 6.45) is -5.38. The molecule has 0 saturated heterocycles. The van der Waals surface area contributed by atoms with Crippen molar-refractivity contribution >= 4 is 35.8 Å². The molecule has 1 fully saturated rings. The zero-order valence-electron chi connectivity index (χ0n) is 18.8. The molecule has 0 aromatic rings. The van der Waals surface area contributed by atoms with E-state index in [0.717, 1.165) is 41.5 Å². The Kier molecular flexibility index (Phi) is 10.1. The van der Waals surface area contributed by atoms with Gasteiger partial charge in [0, 0.05) is 53.4 Å². The highest BCUT2D eigenvalue weighted by atomic mass is 16.6. The first-order valence-electron chi connectivity index (χ1n) is 9.79. The first-order valence-corrected chi connectivity index (χ1v) is 9.79. The first-order chi connectivity index (χ1) is 14.8. The van der Waals surface area contributed by atoms with Crippen molar-refractivity contribution in [3.8, 4) is 0 Å². The molecule has 0 unspecified atom stereocenters. The minimum Gasteiger partial charge on any atom is -0.465 e. The van der Waals surface area contributed by atoms with Gasteiger partial charge in [0.15, 0.2) is 12.2 Å². The molecule has 0 N–H and O–H groups in total. The topological polar surface area (TPSA) is 158 Å². The van der Waals surface area contributed by atoms with Gasteiger partial charge < -0.3 is 28.4 Å². The summed E-state index contributed by atoms with van der Waals surface area (Å²) in [4.78, 5) is 70.2. The van der Waals surface area contributed by atoms with E-state index in [4.69, 9.17) is 28.4 Å². The number of hydrogen-bond acceptors (Lipinski definition) is 12. The molecule has 12 nitrogen and oxygen atoms in total. The predicted octanol–water partition coefficient (Wildman–Crippen LogP) is 0.0854. The van der Waals surface area contributed by atoms with Crippen molar-refractivity contribution < 1.29 is 57.2 Å². The van der Waals surface area contributed by atoms with Gasteiger partial charge in [0.2, 0.25) is 0 Å². The molecule has 180 valence electrons. The summed E-state index contributed by atoms with van der Waals surface area (Å²) in [5.74, 6) is -6.35. The van der Waals surface area contributed by atoms with Crippen LogP contribution in [0.2, 0.25) is 0 Å². The van der Waals surface area contributed by atoms with Gasteiger partial charge in [0.1, 0.15) is 12.2 Å². The van der Waals surface area contributed by atoms with Gasteiger partial charge in [-0.1, -0.05) is 0 Å². The van der Waals surface area contributed by atoms with Gasteiger partial charge >= 0.3 is 35.8 Å². The smallest absolute Gasteiger partial charge is 0.303 e. The minimum absolute atomic E-state index is 0.360. The second kappa shape index (κ2) is 12.0. The van der Waals surface area contributed by atoms with E-state index in [0.29, 0.717) is 0 Å². The molecule has 0 aromatic carbocycles. The van der Waals surface area contributed by atoms with E-state index in [1.807, 2.05) is 0 Å². The average molecular weight is 460 g/mol. The molecular formula is C20H28O12. The molecule has 0 amide bonds. The van der Waals surface area contributed by atoms with Crippen LogP contribution < -0.4 is 0 Å². The van der Waals surface area contributed by atoms with Crippen molar-refractivity contribution in [1.82, 2.24) is 0 Å². The van der Waals surface area contributed by atoms with Crippen LogP contribution in [0.5, 0.6) is 0 Å². The molecule has 0 bridgehead atoms. The zero-order chi connectivity index (χ0) is 24.6. The quantitative estimate of drug-likeness (QED) is 0.355. The third kappa shape index (κ3) is 8.16. The molecule has 1 aliphatic carbocycles. The first kappa shape index (κ1) is 26.9. The number of carbonyl (C=O) groups excluding carboxylic acids is 6. The third-order valence-electron chi connectivity index (χ3n) is 4.53. The van der Waals surface area contributed by atoms with E-state index in [2.05, 4.69) is 0 Å². The minimum atomic E-state index is -1.40. The van der Waals surface area contributed by atoms with E-state index in [-0.39, 0.29) is 13.2 Å². The SMILES string of the molecule is CC(=O)OC[C@@H]1[C@H](COC(C)=O)[C@@H](OC(C)=O)[C@H](OC(C)=O)[C@H](OC(C)=O)[C@H]1OC(C)=O. The number of rotatable bonds is 8. The van der Waals surface area contributed by atoms with Crippen LogP contribution in [-0.4, -0.2) is 73.4 Å². The Morgan fingerprint density at radius 3 is 0.906 bits per heavy atom. The molecule has 1 aliphatic rings. The molecule has 0 heterocycles. The van der Waals surface area contributed by atoms with Crippen LogP contribution in [0.1, 0.15) is 41.5 Å². The van der Waals surface area contributed by atoms with Crippen LogP contribution in [0.15, 0.2) is 0 Å². The van der Waals surface area contributed by atoms with Gasteiger partial charge in [-0.2, -0.15) is 0 Å². The lowest BCUT2D eigenvalue weighted by atomic mass is 9.72. The number of ether oxygens (including phenoxy) is 6. The number of carbonyl (C=O) groups is 6. The summed E-state index contributed by atoms with van der Waals surface area (Å²) in [6.45, 7) is 5.97. The van der Waals surface area contributed by atoms with E-state index >= 15 is 0 Å². The highest BCUT2D eigenvalue weighted by molar-refractivity contribution is 5.69. The monoisotopic (exact) mass is 460 g/mol. The maximum Gasteiger partial charge on any atom is 0.303 e. The Morgan fingerprint density at radius 1 is 0.438 bits per heavy atom. The Bertz CT molecular complexity index is 683. The maximum atomic E-state index is 11.8. The molecule has 0 aromatic heterocycles. The van der Waals surface area contributed by atoms with Crippen molar-refractivity contribution in [2.24, 2.45) is 11.8 Å². The summed E-state index contributed by atoms with van der Waals surface area (Å²) in [5.41, 5.74) is 0. The Hall–Kier alpha value is -3.18. The lowest BCUT2D eigenvalue weighted by Crippen LogP contribution is -2.64. The molecule has 0 aliphatic heterocycles. The van der Waals surface area contributed by atoms with E-state index < -0.39 is 72.1 Å². The summed E-state index contributed by atoms with van der Waals surface area (Å²) >= 11 is 0. The maximum absolute atomic E-state index is 11.8. The predicted molar refractivity (Wildman–Crippen MR) is 102 cm³/mol. The summed E-state index contributed by atoms with van der Waals surface area (Å²) < 4.78 is 31.5. The molecule has 1 rings (SSSR count). The standard InChI is InChI=1S/C20H28O12/c1-9(21)27-7-15-16(8-28-10(2)22)18(30-12(4)24)20(32-14(6)26)19(31-13(5)25)17(15)29-11(3)23/h15-20H,7-8H2,1-6H3/t15-,16+,17+,18-,19-,20+. The van der Waals surface area contributed by atoms with Gasteiger partial charge in [0.25, 0.3) is 0 Å². The van der Waals surface area contributed by atoms with Crippen LogP contribution in [0, 0.1) is 11.8 Å². The lowest BCUT2D eigenvalue weighted by Gasteiger charge is -2.48. The largest absolute Gasteiger partial charge is 0.465 e. The van der Waals surface area contributed by atoms with Crippen LogP contribution in [0.3, 0.4) is 0 Å². The summed E-state index contributed by atoms with van der Waals surface area (Å²) in [7, 11) is 0. The highest BCUT2D eigenvalue weighted by Crippen LogP contribution is 2.39. The number of esters is 6. The molecule has 0 radical (unpaired) electrons. The van der Waals surface area contributed by atoms with Crippen LogP contribution in [-0.2, 0) is 57.2 Å². The van der Waals surface area contributed by atoms with Gasteiger partial charge in [0.05, 0.1) is 13.2 Å². The second-order valence-electron chi connectivity index (χ2n) is 7.23. The molecular weight excluding hydrogens is 432 g/mol. The zero-order valence-corrected chi connectivity index (χ0v) is 18.8. The van der Waals surface area contributed by atoms with Crippen molar-refractivity contribution in [3.05, 3.63) is 0 Å². The molecule has 6 atom stereocenters. The van der Waals surface area contributed by atoms with Gasteiger partial charge in [-0.15, -0.1) is 0 Å². The van der Waals surface area contributed by atoms with Crippen molar-refractivity contribution in [2.45, 2.75) is 66.0 Å². The highest BCUT2D eigenvalue weighted by Gasteiger charge is 2.57. The van der Waals surface area contributed by atoms with Gasteiger partial charge in [-0.25, -0.2) is 0 Å². The Balaban J connectivity index is 3.63. The summed E-state index contributed by atoms with van der Waals surface area (Å²) in [6, 6.07) is 0. The Labute approximate surface area is 184 Å². The summed E-state index contributed by atoms with van der Waals surface area (Å²) in [5, 5.41) is 0. The van der Waals surface area contributed by atoms with Gasteiger partial charge in [-0.05, 0) is 0 Å². The van der Waals surface area contributed by atoms with Crippen molar-refractivity contribution in [1.29, 1.82) is 0 Å². The molecule has 12 heteroatoms. The fourth-order valence-corrected chi connectivity index (χ4v) is 3.56. The van der Waals surface area contributed by atoms with Crippen molar-refractivity contribution in [2.75, 3.05) is 13.2 Å². The molecule has 1 saturated carbocycles. The van der Waals surface area contributed by atoms with E-state index in [9.17, 15) is 28.8 Å². The van der Waals surface area contributed by atoms with Crippen molar-refractivity contribution in [3.63, 3.8) is 0 Å². The lowest BCUT2D eigenvalue weighted by molar-refractivity contribution is -0.238. The van der Waals surface area contributed by atoms with Crippen LogP contribution >= 0.6 is 0 Å². The third-order valence-corrected chi connectivity index (χ3v) is 4.53. The van der Waals surface area contributed by atoms with E-state index in [1.165, 1.54) is 0 Å². The Morgan fingerprint density at radius 2 is 0.688 bits per heavy atom. The fraction of sp³-hybridized carbons (Fsp3) is 0.700. The molecule has 32 heavy (non-hydrogen) atoms. The average Bonchev–Trinajstić information content (AvgIpc) is 2.62. The van der Waals surface area contributed by atoms with Crippen LogP contribution in [0.4, 0.5) is 0 Å². The number of hydrogen-bond donors (Lipinski definition) is 0. The fourth-order valence-electron chi connectivity index (χ4n) is 3.56.